The average Bonchev–Trinajstić information content (AvgIpc) is 3.06. The molecule has 0 fully saturated rings. The second kappa shape index (κ2) is 6.35. The van der Waals surface area contributed by atoms with Gasteiger partial charge >= 0.3 is 0 Å². The molecule has 0 spiro atoms. The highest BCUT2D eigenvalue weighted by molar-refractivity contribution is 7.86. The molecule has 142 valence electrons. The Balaban J connectivity index is 2.31. The first-order valence-corrected chi connectivity index (χ1v) is 10.0. The number of hydrogen-bond donors (Lipinski definition) is 4. The standard InChI is InChI=1S/C15H12N2O8S2/c16-8-4-10-11(13(5-8)26(19,20)21)6-9(7-14(10)27(22,23)24)17-15(18)12-2-1-3-25-12/h1-7H,16H2,(H,17,18)(H,19,20,21)(H,22,23,24). The molecule has 0 saturated heterocycles. The van der Waals surface area contributed by atoms with Crippen LogP contribution in [-0.2, 0) is 20.2 Å². The van der Waals surface area contributed by atoms with Crippen molar-refractivity contribution in [3.05, 3.63) is 48.4 Å². The van der Waals surface area contributed by atoms with Crippen molar-refractivity contribution >= 4 is 48.3 Å². The molecular formula is C15H12N2O8S2. The molecule has 10 nitrogen and oxygen atoms in total. The van der Waals surface area contributed by atoms with Crippen LogP contribution in [0, 0.1) is 0 Å². The molecule has 0 atom stereocenters. The van der Waals surface area contributed by atoms with E-state index >= 15 is 0 Å². The van der Waals surface area contributed by atoms with E-state index in [2.05, 4.69) is 5.32 Å². The van der Waals surface area contributed by atoms with E-state index in [1.54, 1.807) is 0 Å². The van der Waals surface area contributed by atoms with Crippen LogP contribution in [0.4, 0.5) is 11.4 Å². The summed E-state index contributed by atoms with van der Waals surface area (Å²) in [4.78, 5) is 10.7. The van der Waals surface area contributed by atoms with Gasteiger partial charge < -0.3 is 15.5 Å². The van der Waals surface area contributed by atoms with Crippen LogP contribution in [0.1, 0.15) is 10.6 Å². The summed E-state index contributed by atoms with van der Waals surface area (Å²) >= 11 is 0. The third-order valence-electron chi connectivity index (χ3n) is 3.57. The number of nitrogens with two attached hydrogens (primary N) is 1. The number of fused-ring (bicyclic) bond motifs is 1. The van der Waals surface area contributed by atoms with Gasteiger partial charge in [-0.2, -0.15) is 16.8 Å². The molecule has 1 heterocycles. The van der Waals surface area contributed by atoms with E-state index < -0.39 is 35.9 Å². The summed E-state index contributed by atoms with van der Waals surface area (Å²) in [7, 11) is -9.62. The molecule has 0 aliphatic heterocycles. The van der Waals surface area contributed by atoms with Gasteiger partial charge in [-0.05, 0) is 36.4 Å². The summed E-state index contributed by atoms with van der Waals surface area (Å²) in [5, 5.41) is 1.81. The molecule has 0 saturated carbocycles. The lowest BCUT2D eigenvalue weighted by Gasteiger charge is -2.12. The maximum absolute atomic E-state index is 12.1. The molecule has 1 aromatic heterocycles. The van der Waals surface area contributed by atoms with Gasteiger partial charge in [-0.1, -0.05) is 0 Å². The molecule has 0 radical (unpaired) electrons. The molecule has 5 N–H and O–H groups in total. The number of nitrogen functional groups attached to an aromatic ring is 1. The van der Waals surface area contributed by atoms with E-state index in [1.807, 2.05) is 0 Å². The molecule has 3 rings (SSSR count). The van der Waals surface area contributed by atoms with Crippen molar-refractivity contribution in [2.75, 3.05) is 11.1 Å². The van der Waals surface area contributed by atoms with Crippen molar-refractivity contribution in [2.24, 2.45) is 0 Å². The molecule has 12 heteroatoms. The Morgan fingerprint density at radius 3 is 2.11 bits per heavy atom. The topological polar surface area (TPSA) is 177 Å². The number of anilines is 2. The van der Waals surface area contributed by atoms with Crippen molar-refractivity contribution in [3.63, 3.8) is 0 Å². The number of benzene rings is 2. The van der Waals surface area contributed by atoms with Gasteiger partial charge in [-0.15, -0.1) is 0 Å². The molecule has 0 aliphatic carbocycles. The summed E-state index contributed by atoms with van der Waals surface area (Å²) in [6.45, 7) is 0. The Morgan fingerprint density at radius 2 is 1.56 bits per heavy atom. The summed E-state index contributed by atoms with van der Waals surface area (Å²) in [6, 6.07) is 6.89. The maximum atomic E-state index is 12.1. The summed E-state index contributed by atoms with van der Waals surface area (Å²) in [5.41, 5.74) is 5.26. The van der Waals surface area contributed by atoms with E-state index in [1.165, 1.54) is 18.4 Å². The van der Waals surface area contributed by atoms with Gasteiger partial charge in [0.1, 0.15) is 9.79 Å². The number of rotatable bonds is 4. The minimum atomic E-state index is -4.83. The van der Waals surface area contributed by atoms with Crippen LogP contribution in [0.5, 0.6) is 0 Å². The lowest BCUT2D eigenvalue weighted by atomic mass is 10.1. The van der Waals surface area contributed by atoms with Gasteiger partial charge in [0.25, 0.3) is 26.1 Å². The fraction of sp³-hybridized carbons (Fsp3) is 0. The average molecular weight is 412 g/mol. The van der Waals surface area contributed by atoms with Crippen molar-refractivity contribution in [1.29, 1.82) is 0 Å². The van der Waals surface area contributed by atoms with Crippen LogP contribution in [0.3, 0.4) is 0 Å². The highest BCUT2D eigenvalue weighted by Gasteiger charge is 2.23. The number of hydrogen-bond acceptors (Lipinski definition) is 7. The number of carbonyl (C=O) groups excluding carboxylic acids is 1. The van der Waals surface area contributed by atoms with Crippen molar-refractivity contribution < 1.29 is 35.2 Å². The second-order valence-electron chi connectivity index (χ2n) is 5.47. The van der Waals surface area contributed by atoms with Crippen molar-refractivity contribution in [1.82, 2.24) is 0 Å². The number of carbonyl (C=O) groups is 1. The summed E-state index contributed by atoms with van der Waals surface area (Å²) in [6.07, 6.45) is 1.25. The van der Waals surface area contributed by atoms with Gasteiger partial charge in [0.2, 0.25) is 0 Å². The zero-order chi connectivity index (χ0) is 20.0. The highest BCUT2D eigenvalue weighted by Crippen LogP contribution is 2.34. The first kappa shape index (κ1) is 18.8. The van der Waals surface area contributed by atoms with Crippen LogP contribution < -0.4 is 11.1 Å². The number of nitrogens with one attached hydrogen (secondary N) is 1. The SMILES string of the molecule is Nc1cc(S(=O)(=O)O)c2cc(NC(=O)c3ccco3)cc(S(=O)(=O)O)c2c1. The number of amides is 1. The third kappa shape index (κ3) is 3.78. The van der Waals surface area contributed by atoms with Crippen LogP contribution in [0.25, 0.3) is 10.8 Å². The van der Waals surface area contributed by atoms with Crippen molar-refractivity contribution in [3.8, 4) is 0 Å². The predicted octanol–water partition coefficient (Wildman–Crippen LogP) is 1.76. The second-order valence-corrected chi connectivity index (χ2v) is 8.25. The lowest BCUT2D eigenvalue weighted by Crippen LogP contribution is -2.12. The predicted molar refractivity (Wildman–Crippen MR) is 94.7 cm³/mol. The molecule has 0 aliphatic rings. The van der Waals surface area contributed by atoms with E-state index in [0.29, 0.717) is 0 Å². The normalized spacial score (nSPS) is 12.2. The Kier molecular flexibility index (Phi) is 4.43. The minimum Gasteiger partial charge on any atom is -0.459 e. The molecule has 0 bridgehead atoms. The Labute approximate surface area is 153 Å². The van der Waals surface area contributed by atoms with Gasteiger partial charge in [0.15, 0.2) is 5.76 Å². The van der Waals surface area contributed by atoms with Gasteiger partial charge in [0, 0.05) is 22.1 Å². The largest absolute Gasteiger partial charge is 0.459 e. The third-order valence-corrected chi connectivity index (χ3v) is 5.36. The molecule has 1 amide bonds. The highest BCUT2D eigenvalue weighted by atomic mass is 32.2. The fourth-order valence-corrected chi connectivity index (χ4v) is 3.97. The summed E-state index contributed by atoms with van der Waals surface area (Å²) in [5.74, 6) is -0.833. The summed E-state index contributed by atoms with van der Waals surface area (Å²) < 4.78 is 70.7. The first-order valence-electron chi connectivity index (χ1n) is 7.14. The Hall–Kier alpha value is -2.93. The van der Waals surface area contributed by atoms with Gasteiger partial charge in [-0.25, -0.2) is 0 Å². The molecule has 3 aromatic rings. The van der Waals surface area contributed by atoms with E-state index in [4.69, 9.17) is 10.2 Å². The fourth-order valence-electron chi connectivity index (χ4n) is 2.52. The van der Waals surface area contributed by atoms with E-state index in [9.17, 15) is 30.7 Å². The molecule has 2 aromatic carbocycles. The van der Waals surface area contributed by atoms with Crippen LogP contribution in [0.2, 0.25) is 0 Å². The number of furan rings is 1. The zero-order valence-electron chi connectivity index (χ0n) is 13.3. The maximum Gasteiger partial charge on any atom is 0.295 e. The molecular weight excluding hydrogens is 400 g/mol. The molecule has 27 heavy (non-hydrogen) atoms. The monoisotopic (exact) mass is 412 g/mol. The van der Waals surface area contributed by atoms with Crippen LogP contribution >= 0.6 is 0 Å². The van der Waals surface area contributed by atoms with Gasteiger partial charge in [-0.3, -0.25) is 13.9 Å². The lowest BCUT2D eigenvalue weighted by molar-refractivity contribution is 0.0996. The minimum absolute atomic E-state index is 0.0872. The Morgan fingerprint density at radius 1 is 0.963 bits per heavy atom. The Bertz CT molecular complexity index is 1260. The van der Waals surface area contributed by atoms with E-state index in [-0.39, 0.29) is 27.9 Å². The van der Waals surface area contributed by atoms with E-state index in [0.717, 1.165) is 24.3 Å². The molecule has 0 unspecified atom stereocenters. The van der Waals surface area contributed by atoms with Gasteiger partial charge in [0.05, 0.1) is 6.26 Å². The van der Waals surface area contributed by atoms with Crippen molar-refractivity contribution in [2.45, 2.75) is 9.79 Å². The quantitative estimate of drug-likeness (QED) is 0.367. The van der Waals surface area contributed by atoms with Crippen LogP contribution in [0.15, 0.2) is 56.9 Å². The first-order chi connectivity index (χ1) is 12.5. The van der Waals surface area contributed by atoms with Crippen LogP contribution in [-0.4, -0.2) is 31.8 Å². The smallest absolute Gasteiger partial charge is 0.295 e. The zero-order valence-corrected chi connectivity index (χ0v) is 14.9.